The number of urea groups is 1. The number of hydrogen-bond donors (Lipinski definition) is 1. The third-order valence-electron chi connectivity index (χ3n) is 5.49. The first-order chi connectivity index (χ1) is 13.9. The summed E-state index contributed by atoms with van der Waals surface area (Å²) in [6.07, 6.45) is 1.89. The lowest BCUT2D eigenvalue weighted by Crippen LogP contribution is -2.45. The molecule has 1 saturated heterocycles. The number of halogens is 1. The third kappa shape index (κ3) is 3.85. The van der Waals surface area contributed by atoms with Crippen LogP contribution in [-0.2, 0) is 21.7 Å². The summed E-state index contributed by atoms with van der Waals surface area (Å²) in [6.45, 7) is 1.85. The van der Waals surface area contributed by atoms with Crippen molar-refractivity contribution < 1.29 is 14.4 Å². The highest BCUT2D eigenvalue weighted by molar-refractivity contribution is 6.30. The molecule has 7 heteroatoms. The van der Waals surface area contributed by atoms with Crippen LogP contribution in [0.4, 0.5) is 4.79 Å². The van der Waals surface area contributed by atoms with E-state index in [1.165, 1.54) is 0 Å². The maximum Gasteiger partial charge on any atom is 0.325 e. The monoisotopic (exact) mass is 411 g/mol. The number of nitrogens with zero attached hydrogens (tertiary/aromatic N) is 2. The van der Waals surface area contributed by atoms with Gasteiger partial charge in [0.1, 0.15) is 12.1 Å². The molecule has 0 aromatic heterocycles. The Morgan fingerprint density at radius 2 is 1.79 bits per heavy atom. The highest BCUT2D eigenvalue weighted by atomic mass is 35.5. The molecule has 0 spiro atoms. The number of amides is 4. The van der Waals surface area contributed by atoms with E-state index in [0.717, 1.165) is 23.3 Å². The van der Waals surface area contributed by atoms with Crippen molar-refractivity contribution in [3.05, 3.63) is 70.7 Å². The van der Waals surface area contributed by atoms with Crippen LogP contribution in [0.1, 0.15) is 30.9 Å². The molecule has 1 N–H and O–H groups in total. The number of carbonyl (C=O) groups is 3. The summed E-state index contributed by atoms with van der Waals surface area (Å²) in [5.74, 6) is -0.658. The van der Waals surface area contributed by atoms with Crippen molar-refractivity contribution in [1.82, 2.24) is 15.1 Å². The molecule has 4 rings (SSSR count). The van der Waals surface area contributed by atoms with Gasteiger partial charge in [-0.2, -0.15) is 0 Å². The first kappa shape index (κ1) is 19.5. The van der Waals surface area contributed by atoms with Gasteiger partial charge in [-0.05, 0) is 43.0 Å². The van der Waals surface area contributed by atoms with Gasteiger partial charge in [0.2, 0.25) is 5.91 Å². The van der Waals surface area contributed by atoms with E-state index in [4.69, 9.17) is 11.6 Å². The lowest BCUT2D eigenvalue weighted by atomic mass is 9.92. The first-order valence-corrected chi connectivity index (χ1v) is 10.00. The van der Waals surface area contributed by atoms with Gasteiger partial charge in [-0.15, -0.1) is 0 Å². The normalized spacial score (nSPS) is 21.2. The summed E-state index contributed by atoms with van der Waals surface area (Å²) in [5.41, 5.74) is 0.431. The second kappa shape index (κ2) is 7.52. The van der Waals surface area contributed by atoms with Crippen LogP contribution in [0, 0.1) is 0 Å². The summed E-state index contributed by atoms with van der Waals surface area (Å²) in [6, 6.07) is 16.1. The highest BCUT2D eigenvalue weighted by Crippen LogP contribution is 2.31. The van der Waals surface area contributed by atoms with E-state index < -0.39 is 17.5 Å². The fourth-order valence-electron chi connectivity index (χ4n) is 3.63. The van der Waals surface area contributed by atoms with Crippen molar-refractivity contribution in [3.63, 3.8) is 0 Å². The molecule has 4 amide bonds. The number of carbonyl (C=O) groups excluding carboxylic acids is 3. The van der Waals surface area contributed by atoms with Gasteiger partial charge < -0.3 is 10.2 Å². The van der Waals surface area contributed by atoms with Crippen LogP contribution in [0.15, 0.2) is 54.6 Å². The zero-order valence-electron chi connectivity index (χ0n) is 16.1. The van der Waals surface area contributed by atoms with Crippen molar-refractivity contribution in [3.8, 4) is 0 Å². The van der Waals surface area contributed by atoms with Crippen LogP contribution < -0.4 is 5.32 Å². The Morgan fingerprint density at radius 3 is 2.41 bits per heavy atom. The fraction of sp³-hybridized carbons (Fsp3) is 0.318. The van der Waals surface area contributed by atoms with Crippen molar-refractivity contribution >= 4 is 29.4 Å². The molecule has 1 unspecified atom stereocenters. The summed E-state index contributed by atoms with van der Waals surface area (Å²) in [5, 5.41) is 3.27. The second-order valence-electron chi connectivity index (χ2n) is 7.69. The Bertz CT molecular complexity index is 944. The maximum atomic E-state index is 13.1. The average Bonchev–Trinajstić information content (AvgIpc) is 3.52. The first-order valence-electron chi connectivity index (χ1n) is 9.62. The summed E-state index contributed by atoms with van der Waals surface area (Å²) < 4.78 is 0. The summed E-state index contributed by atoms with van der Waals surface area (Å²) >= 11 is 5.93. The molecule has 1 aliphatic heterocycles. The molecular weight excluding hydrogens is 390 g/mol. The Kier molecular flexibility index (Phi) is 5.04. The standard InChI is InChI=1S/C22H22ClN3O3/c1-22(16-7-9-17(23)10-8-16)20(28)26(21(29)24-22)14-19(27)25(18-11-12-18)13-15-5-3-2-4-6-15/h2-10,18H,11-14H2,1H3,(H,24,29). The Labute approximate surface area is 174 Å². The number of nitrogens with one attached hydrogen (secondary N) is 1. The molecule has 150 valence electrons. The Morgan fingerprint density at radius 1 is 1.14 bits per heavy atom. The van der Waals surface area contributed by atoms with E-state index in [1.807, 2.05) is 30.3 Å². The van der Waals surface area contributed by atoms with Crippen LogP contribution in [0.3, 0.4) is 0 Å². The predicted octanol–water partition coefficient (Wildman–Crippen LogP) is 3.30. The minimum atomic E-state index is -1.22. The van der Waals surface area contributed by atoms with Crippen molar-refractivity contribution in [2.75, 3.05) is 6.54 Å². The SMILES string of the molecule is CC1(c2ccc(Cl)cc2)NC(=O)N(CC(=O)N(Cc2ccccc2)C2CC2)C1=O. The van der Waals surface area contributed by atoms with Crippen LogP contribution in [0.25, 0.3) is 0 Å². The Balaban J connectivity index is 1.50. The zero-order chi connectivity index (χ0) is 20.6. The maximum absolute atomic E-state index is 13.1. The van der Waals surface area contributed by atoms with Crippen LogP contribution in [0.5, 0.6) is 0 Å². The molecule has 1 saturated carbocycles. The van der Waals surface area contributed by atoms with E-state index in [0.29, 0.717) is 17.1 Å². The largest absolute Gasteiger partial charge is 0.334 e. The number of imide groups is 1. The quantitative estimate of drug-likeness (QED) is 0.741. The topological polar surface area (TPSA) is 69.7 Å². The van der Waals surface area contributed by atoms with Crippen LogP contribution >= 0.6 is 11.6 Å². The summed E-state index contributed by atoms with van der Waals surface area (Å²) in [7, 11) is 0. The third-order valence-corrected chi connectivity index (χ3v) is 5.75. The molecule has 0 radical (unpaired) electrons. The van der Waals surface area contributed by atoms with Crippen LogP contribution in [0.2, 0.25) is 5.02 Å². The molecule has 2 aliphatic rings. The minimum Gasteiger partial charge on any atom is -0.334 e. The number of rotatable bonds is 6. The molecule has 1 aliphatic carbocycles. The van der Waals surface area contributed by atoms with Gasteiger partial charge >= 0.3 is 6.03 Å². The van der Waals surface area contributed by atoms with Crippen molar-refractivity contribution in [2.45, 2.75) is 37.9 Å². The smallest absolute Gasteiger partial charge is 0.325 e. The van der Waals surface area contributed by atoms with E-state index >= 15 is 0 Å². The molecular formula is C22H22ClN3O3. The van der Waals surface area contributed by atoms with Gasteiger partial charge in [-0.25, -0.2) is 4.79 Å². The molecule has 1 heterocycles. The fourth-order valence-corrected chi connectivity index (χ4v) is 3.76. The average molecular weight is 412 g/mol. The molecule has 6 nitrogen and oxygen atoms in total. The molecule has 1 atom stereocenters. The van der Waals surface area contributed by atoms with E-state index in [-0.39, 0.29) is 18.5 Å². The van der Waals surface area contributed by atoms with E-state index in [2.05, 4.69) is 5.32 Å². The molecule has 0 bridgehead atoms. The minimum absolute atomic E-state index is 0.172. The van der Waals surface area contributed by atoms with Crippen LogP contribution in [-0.4, -0.2) is 40.2 Å². The zero-order valence-corrected chi connectivity index (χ0v) is 16.9. The van der Waals surface area contributed by atoms with Gasteiger partial charge in [-0.3, -0.25) is 14.5 Å². The van der Waals surface area contributed by atoms with Gasteiger partial charge in [0.05, 0.1) is 0 Å². The van der Waals surface area contributed by atoms with Crippen molar-refractivity contribution in [1.29, 1.82) is 0 Å². The predicted molar refractivity (Wildman–Crippen MR) is 109 cm³/mol. The molecule has 2 fully saturated rings. The summed E-state index contributed by atoms with van der Waals surface area (Å²) in [4.78, 5) is 41.4. The molecule has 2 aromatic rings. The molecule has 2 aromatic carbocycles. The van der Waals surface area contributed by atoms with E-state index in [1.54, 1.807) is 36.1 Å². The second-order valence-corrected chi connectivity index (χ2v) is 8.13. The Hall–Kier alpha value is -2.86. The van der Waals surface area contributed by atoms with Crippen molar-refractivity contribution in [2.24, 2.45) is 0 Å². The van der Waals surface area contributed by atoms with Gasteiger partial charge in [-0.1, -0.05) is 54.1 Å². The van der Waals surface area contributed by atoms with Gasteiger partial charge in [0, 0.05) is 17.6 Å². The van der Waals surface area contributed by atoms with Gasteiger partial charge in [0.25, 0.3) is 5.91 Å². The molecule has 29 heavy (non-hydrogen) atoms. The van der Waals surface area contributed by atoms with E-state index in [9.17, 15) is 14.4 Å². The number of hydrogen-bond acceptors (Lipinski definition) is 3. The highest BCUT2D eigenvalue weighted by Gasteiger charge is 2.50. The lowest BCUT2D eigenvalue weighted by Gasteiger charge is -2.25. The lowest BCUT2D eigenvalue weighted by molar-refractivity contribution is -0.139. The number of benzene rings is 2. The van der Waals surface area contributed by atoms with Gasteiger partial charge in [0.15, 0.2) is 0 Å².